The molecule has 0 radical (unpaired) electrons. The Balaban J connectivity index is 1.88. The summed E-state index contributed by atoms with van der Waals surface area (Å²) in [5.41, 5.74) is 1.86. The van der Waals surface area contributed by atoms with Crippen LogP contribution < -0.4 is 0 Å². The molecule has 1 fully saturated rings. The highest BCUT2D eigenvalue weighted by Crippen LogP contribution is 2.25. The van der Waals surface area contributed by atoms with Crippen molar-refractivity contribution < 1.29 is 9.84 Å². The zero-order valence-electron chi connectivity index (χ0n) is 10.2. The Morgan fingerprint density at radius 1 is 1.28 bits per heavy atom. The molecule has 0 aliphatic carbocycles. The molecule has 1 saturated heterocycles. The summed E-state index contributed by atoms with van der Waals surface area (Å²) in [4.78, 5) is 6.61. The number of hydrogen-bond donors (Lipinski definition) is 1. The fraction of sp³-hybridized carbons (Fsp3) is 0.357. The van der Waals surface area contributed by atoms with Crippen LogP contribution >= 0.6 is 0 Å². The molecule has 0 saturated carbocycles. The molecule has 1 aromatic heterocycles. The minimum atomic E-state index is 0.349. The van der Waals surface area contributed by atoms with Crippen LogP contribution in [-0.2, 0) is 11.3 Å². The van der Waals surface area contributed by atoms with Crippen molar-refractivity contribution in [3.05, 3.63) is 36.0 Å². The van der Waals surface area contributed by atoms with Gasteiger partial charge in [0.05, 0.1) is 18.7 Å². The zero-order valence-corrected chi connectivity index (χ0v) is 10.2. The van der Waals surface area contributed by atoms with E-state index in [-0.39, 0.29) is 0 Å². The number of benzene rings is 1. The monoisotopic (exact) mass is 244 g/mol. The maximum absolute atomic E-state index is 10.1. The van der Waals surface area contributed by atoms with Crippen LogP contribution in [0.4, 0.5) is 0 Å². The molecule has 94 valence electrons. The molecule has 0 atom stereocenters. The average molecular weight is 244 g/mol. The quantitative estimate of drug-likeness (QED) is 0.874. The maximum atomic E-state index is 10.1. The number of phenols is 1. The van der Waals surface area contributed by atoms with Crippen LogP contribution in [0.25, 0.3) is 10.9 Å². The molecule has 0 amide bonds. The number of phenolic OH excluding ortho intramolecular Hbond substituents is 1. The lowest BCUT2D eigenvalue weighted by Crippen LogP contribution is -2.35. The summed E-state index contributed by atoms with van der Waals surface area (Å²) in [6.07, 6.45) is 1.78. The van der Waals surface area contributed by atoms with Gasteiger partial charge in [-0.3, -0.25) is 9.88 Å². The Kier molecular flexibility index (Phi) is 3.13. The number of rotatable bonds is 2. The number of aromatic nitrogens is 1. The Hall–Kier alpha value is -1.65. The van der Waals surface area contributed by atoms with Gasteiger partial charge in [0.1, 0.15) is 5.75 Å². The number of hydrogen-bond acceptors (Lipinski definition) is 4. The van der Waals surface area contributed by atoms with Crippen molar-refractivity contribution in [2.45, 2.75) is 6.54 Å². The van der Waals surface area contributed by atoms with E-state index in [4.69, 9.17) is 4.74 Å². The van der Waals surface area contributed by atoms with Crippen molar-refractivity contribution in [2.75, 3.05) is 26.3 Å². The van der Waals surface area contributed by atoms with Gasteiger partial charge in [-0.1, -0.05) is 6.07 Å². The van der Waals surface area contributed by atoms with Crippen LogP contribution in [0.5, 0.6) is 5.75 Å². The Labute approximate surface area is 106 Å². The lowest BCUT2D eigenvalue weighted by atomic mass is 10.1. The van der Waals surface area contributed by atoms with Gasteiger partial charge >= 0.3 is 0 Å². The van der Waals surface area contributed by atoms with Gasteiger partial charge in [-0.25, -0.2) is 0 Å². The van der Waals surface area contributed by atoms with Gasteiger partial charge < -0.3 is 9.84 Å². The summed E-state index contributed by atoms with van der Waals surface area (Å²) in [6.45, 7) is 4.13. The van der Waals surface area contributed by atoms with Crippen molar-refractivity contribution in [1.29, 1.82) is 0 Å². The second-order valence-corrected chi connectivity index (χ2v) is 4.57. The van der Waals surface area contributed by atoms with Gasteiger partial charge in [0.25, 0.3) is 0 Å². The first-order chi connectivity index (χ1) is 8.83. The van der Waals surface area contributed by atoms with E-state index in [0.29, 0.717) is 5.75 Å². The van der Waals surface area contributed by atoms with Crippen molar-refractivity contribution in [1.82, 2.24) is 9.88 Å². The topological polar surface area (TPSA) is 45.6 Å². The zero-order chi connectivity index (χ0) is 12.4. The van der Waals surface area contributed by atoms with Crippen LogP contribution in [0, 0.1) is 0 Å². The number of ether oxygens (including phenoxy) is 1. The minimum absolute atomic E-state index is 0.349. The van der Waals surface area contributed by atoms with E-state index in [1.165, 1.54) is 0 Å². The van der Waals surface area contributed by atoms with E-state index in [1.807, 2.05) is 18.2 Å². The van der Waals surface area contributed by atoms with E-state index in [0.717, 1.165) is 49.3 Å². The first kappa shape index (κ1) is 11.4. The first-order valence-corrected chi connectivity index (χ1v) is 6.20. The van der Waals surface area contributed by atoms with Crippen molar-refractivity contribution in [3.63, 3.8) is 0 Å². The Morgan fingerprint density at radius 3 is 2.94 bits per heavy atom. The third-order valence-electron chi connectivity index (χ3n) is 3.30. The number of aromatic hydroxyl groups is 1. The third kappa shape index (κ3) is 2.30. The van der Waals surface area contributed by atoms with Crippen molar-refractivity contribution in [2.24, 2.45) is 0 Å². The normalized spacial score (nSPS) is 17.1. The van der Waals surface area contributed by atoms with Crippen LogP contribution in [-0.4, -0.2) is 41.3 Å². The van der Waals surface area contributed by atoms with Crippen molar-refractivity contribution >= 4 is 10.9 Å². The molecular weight excluding hydrogens is 228 g/mol. The molecule has 2 aromatic rings. The molecule has 1 aliphatic heterocycles. The number of fused-ring (bicyclic) bond motifs is 1. The fourth-order valence-corrected chi connectivity index (χ4v) is 2.28. The standard InChI is InChI=1S/C14H16N2O2/c17-14-9-11-2-1-3-15-13(11)8-12(14)10-16-4-6-18-7-5-16/h1-3,8-9,17H,4-7,10H2. The highest BCUT2D eigenvalue weighted by molar-refractivity contribution is 5.81. The van der Waals surface area contributed by atoms with Gasteiger partial charge in [0.15, 0.2) is 0 Å². The predicted molar refractivity (Wildman–Crippen MR) is 69.5 cm³/mol. The molecule has 0 spiro atoms. The smallest absolute Gasteiger partial charge is 0.120 e. The van der Waals surface area contributed by atoms with E-state index < -0.39 is 0 Å². The summed E-state index contributed by atoms with van der Waals surface area (Å²) in [7, 11) is 0. The highest BCUT2D eigenvalue weighted by atomic mass is 16.5. The lowest BCUT2D eigenvalue weighted by molar-refractivity contribution is 0.0339. The molecule has 1 N–H and O–H groups in total. The molecular formula is C14H16N2O2. The number of pyridine rings is 1. The Bertz CT molecular complexity index is 550. The molecule has 2 heterocycles. The van der Waals surface area contributed by atoms with Gasteiger partial charge in [-0.15, -0.1) is 0 Å². The van der Waals surface area contributed by atoms with E-state index >= 15 is 0 Å². The molecule has 1 aliphatic rings. The van der Waals surface area contributed by atoms with Gasteiger partial charge in [0.2, 0.25) is 0 Å². The van der Waals surface area contributed by atoms with Crippen LogP contribution in [0.2, 0.25) is 0 Å². The van der Waals surface area contributed by atoms with E-state index in [1.54, 1.807) is 12.3 Å². The fourth-order valence-electron chi connectivity index (χ4n) is 2.28. The first-order valence-electron chi connectivity index (χ1n) is 6.20. The predicted octanol–water partition coefficient (Wildman–Crippen LogP) is 1.77. The second-order valence-electron chi connectivity index (χ2n) is 4.57. The minimum Gasteiger partial charge on any atom is -0.508 e. The van der Waals surface area contributed by atoms with E-state index in [2.05, 4.69) is 9.88 Å². The summed E-state index contributed by atoms with van der Waals surface area (Å²) in [5.74, 6) is 0.349. The van der Waals surface area contributed by atoms with Crippen molar-refractivity contribution in [3.8, 4) is 5.75 Å². The molecule has 4 nitrogen and oxygen atoms in total. The summed E-state index contributed by atoms with van der Waals surface area (Å²) in [5, 5.41) is 11.0. The van der Waals surface area contributed by atoms with Crippen LogP contribution in [0.1, 0.15) is 5.56 Å². The lowest BCUT2D eigenvalue weighted by Gasteiger charge is -2.26. The van der Waals surface area contributed by atoms with Gasteiger partial charge in [0, 0.05) is 36.8 Å². The molecule has 4 heteroatoms. The molecule has 0 unspecified atom stereocenters. The summed E-state index contributed by atoms with van der Waals surface area (Å²) in [6, 6.07) is 7.60. The van der Waals surface area contributed by atoms with Gasteiger partial charge in [-0.05, 0) is 18.2 Å². The van der Waals surface area contributed by atoms with E-state index in [9.17, 15) is 5.11 Å². The highest BCUT2D eigenvalue weighted by Gasteiger charge is 2.13. The molecule has 0 bridgehead atoms. The molecule has 1 aromatic carbocycles. The summed E-state index contributed by atoms with van der Waals surface area (Å²) < 4.78 is 5.32. The van der Waals surface area contributed by atoms with Gasteiger partial charge in [-0.2, -0.15) is 0 Å². The SMILES string of the molecule is Oc1cc2cccnc2cc1CN1CCOCC1. The number of nitrogens with zero attached hydrogens (tertiary/aromatic N) is 2. The molecule has 18 heavy (non-hydrogen) atoms. The Morgan fingerprint density at radius 2 is 2.11 bits per heavy atom. The second kappa shape index (κ2) is 4.92. The average Bonchev–Trinajstić information content (AvgIpc) is 2.41. The summed E-state index contributed by atoms with van der Waals surface area (Å²) >= 11 is 0. The van der Waals surface area contributed by atoms with Crippen LogP contribution in [0.15, 0.2) is 30.5 Å². The largest absolute Gasteiger partial charge is 0.508 e. The maximum Gasteiger partial charge on any atom is 0.120 e. The third-order valence-corrected chi connectivity index (χ3v) is 3.30. The number of morpholine rings is 1. The molecule has 3 rings (SSSR count). The van der Waals surface area contributed by atoms with Crippen LogP contribution in [0.3, 0.4) is 0 Å².